The van der Waals surface area contributed by atoms with Crippen molar-refractivity contribution in [2.24, 2.45) is 0 Å². The van der Waals surface area contributed by atoms with Crippen LogP contribution in [0.25, 0.3) is 0 Å². The second kappa shape index (κ2) is 15.1. The van der Waals surface area contributed by atoms with Crippen molar-refractivity contribution in [3.63, 3.8) is 0 Å². The number of nitrogens with zero attached hydrogens (tertiary/aromatic N) is 7. The van der Waals surface area contributed by atoms with Gasteiger partial charge >= 0.3 is 6.03 Å². The third-order valence-corrected chi connectivity index (χ3v) is 9.59. The fourth-order valence-electron chi connectivity index (χ4n) is 6.59. The van der Waals surface area contributed by atoms with Crippen LogP contribution < -0.4 is 19.4 Å². The number of aromatic nitrogens is 3. The highest BCUT2D eigenvalue weighted by Gasteiger charge is 2.34. The Morgan fingerprint density at radius 1 is 0.792 bits per heavy atom. The molecule has 2 atom stereocenters. The molecule has 2 fully saturated rings. The maximum absolute atomic E-state index is 12.8. The number of piperazine rings is 1. The summed E-state index contributed by atoms with van der Waals surface area (Å²) in [5.74, 6) is 0.679. The lowest BCUT2D eigenvalue weighted by Gasteiger charge is -2.37. The summed E-state index contributed by atoms with van der Waals surface area (Å²) in [6.45, 7) is 12.2. The molecule has 1 aromatic heterocycles. The molecule has 3 aromatic carbocycles. The van der Waals surface area contributed by atoms with Gasteiger partial charge in [0.05, 0.1) is 25.5 Å². The van der Waals surface area contributed by atoms with Gasteiger partial charge in [0, 0.05) is 67.8 Å². The smallest absolute Gasteiger partial charge is 0.324 e. The number of ether oxygens (including phenoxy) is 2. The average Bonchev–Trinajstić information content (AvgIpc) is 3.79. The van der Waals surface area contributed by atoms with Gasteiger partial charge in [0.2, 0.25) is 0 Å². The van der Waals surface area contributed by atoms with E-state index in [-0.39, 0.29) is 18.7 Å². The van der Waals surface area contributed by atoms with Crippen molar-refractivity contribution in [3.8, 4) is 5.75 Å². The highest BCUT2D eigenvalue weighted by atomic mass is 16.6. The number of anilines is 3. The first-order valence-corrected chi connectivity index (χ1v) is 17.0. The minimum atomic E-state index is -1.09. The first-order valence-electron chi connectivity index (χ1n) is 17.0. The maximum Gasteiger partial charge on any atom is 0.324 e. The number of amides is 2. The zero-order valence-corrected chi connectivity index (χ0v) is 28.2. The molecule has 2 aliphatic rings. The molecule has 0 radical (unpaired) electrons. The summed E-state index contributed by atoms with van der Waals surface area (Å²) in [7, 11) is 0. The molecule has 2 saturated heterocycles. The van der Waals surface area contributed by atoms with E-state index >= 15 is 0 Å². The van der Waals surface area contributed by atoms with Crippen LogP contribution in [0.5, 0.6) is 5.75 Å². The summed E-state index contributed by atoms with van der Waals surface area (Å²) in [4.78, 5) is 23.0. The van der Waals surface area contributed by atoms with Crippen LogP contribution in [0.15, 0.2) is 91.3 Å². The molecule has 0 unspecified atom stereocenters. The Morgan fingerprint density at radius 2 is 1.38 bits per heavy atom. The average molecular weight is 654 g/mol. The first kappa shape index (κ1) is 33.3. The minimum Gasteiger partial charge on any atom is -0.488 e. The highest BCUT2D eigenvalue weighted by molar-refractivity contribution is 5.94. The number of carbonyl (C=O) groups is 1. The summed E-state index contributed by atoms with van der Waals surface area (Å²) in [5, 5.41) is 19.3. The quantitative estimate of drug-likeness (QED) is 0.190. The number of rotatable bonds is 14. The zero-order valence-electron chi connectivity index (χ0n) is 28.2. The van der Waals surface area contributed by atoms with E-state index in [9.17, 15) is 9.90 Å². The second-order valence-corrected chi connectivity index (χ2v) is 12.8. The molecule has 0 saturated carbocycles. The highest BCUT2D eigenvalue weighted by Crippen LogP contribution is 2.31. The van der Waals surface area contributed by atoms with E-state index in [1.165, 1.54) is 5.69 Å². The lowest BCUT2D eigenvalue weighted by molar-refractivity contribution is -0.134. The molecule has 11 heteroatoms. The molecule has 2 aliphatic heterocycles. The number of benzene rings is 3. The zero-order chi connectivity index (χ0) is 33.5. The van der Waals surface area contributed by atoms with Crippen LogP contribution >= 0.6 is 0 Å². The van der Waals surface area contributed by atoms with Gasteiger partial charge in [-0.1, -0.05) is 37.3 Å². The van der Waals surface area contributed by atoms with Crippen molar-refractivity contribution in [1.29, 1.82) is 0 Å². The Bertz CT molecular complexity index is 1580. The third-order valence-electron chi connectivity index (χ3n) is 9.59. The van der Waals surface area contributed by atoms with Gasteiger partial charge in [-0.15, -0.1) is 0 Å². The Morgan fingerprint density at radius 3 is 1.94 bits per heavy atom. The molecule has 3 heterocycles. The van der Waals surface area contributed by atoms with Gasteiger partial charge in [-0.3, -0.25) is 4.90 Å². The standard InChI is InChI=1S/C37H47N7O4/c1-4-37(27-44-38-18-19-39-44,30-8-6-5-7-9-30)28-48-35(45)26-47-34-16-14-32(15-17-34)41-22-20-40(21-23-41)31-10-12-33(13-11-31)43-25-24-42(29(2)3)36(43)46/h5-19,29,35,45H,4,20-28H2,1-3H3/t35-,37+/m1/s1. The summed E-state index contributed by atoms with van der Waals surface area (Å²) >= 11 is 0. The van der Waals surface area contributed by atoms with Crippen LogP contribution in [-0.2, 0) is 16.7 Å². The van der Waals surface area contributed by atoms with Gasteiger partial charge in [0.15, 0.2) is 6.29 Å². The van der Waals surface area contributed by atoms with Crippen LogP contribution in [0.2, 0.25) is 0 Å². The molecular formula is C37H47N7O4. The van der Waals surface area contributed by atoms with Gasteiger partial charge in [-0.2, -0.15) is 15.0 Å². The first-order chi connectivity index (χ1) is 23.3. The van der Waals surface area contributed by atoms with Gasteiger partial charge in [0.25, 0.3) is 0 Å². The Hall–Kier alpha value is -4.61. The van der Waals surface area contributed by atoms with E-state index in [0.29, 0.717) is 18.9 Å². The molecule has 4 aromatic rings. The third kappa shape index (κ3) is 7.58. The molecule has 0 aliphatic carbocycles. The normalized spacial score (nSPS) is 17.2. The van der Waals surface area contributed by atoms with Gasteiger partial charge in [0.1, 0.15) is 12.4 Å². The molecule has 48 heavy (non-hydrogen) atoms. The topological polar surface area (TPSA) is 99.4 Å². The lowest BCUT2D eigenvalue weighted by atomic mass is 9.79. The van der Waals surface area contributed by atoms with Crippen molar-refractivity contribution in [3.05, 3.63) is 96.8 Å². The van der Waals surface area contributed by atoms with E-state index < -0.39 is 11.7 Å². The van der Waals surface area contributed by atoms with Crippen molar-refractivity contribution in [2.75, 3.05) is 67.2 Å². The molecule has 0 spiro atoms. The van der Waals surface area contributed by atoms with Crippen molar-refractivity contribution < 1.29 is 19.4 Å². The predicted octanol–water partition coefficient (Wildman–Crippen LogP) is 5.02. The Labute approximate surface area is 283 Å². The Balaban J connectivity index is 0.969. The van der Waals surface area contributed by atoms with Gasteiger partial charge in [-0.05, 0) is 74.4 Å². The van der Waals surface area contributed by atoms with Crippen molar-refractivity contribution in [1.82, 2.24) is 19.9 Å². The van der Waals surface area contributed by atoms with Crippen LogP contribution in [0.1, 0.15) is 32.8 Å². The molecular weight excluding hydrogens is 606 g/mol. The predicted molar refractivity (Wildman–Crippen MR) is 188 cm³/mol. The number of hydrogen-bond donors (Lipinski definition) is 1. The SMILES string of the molecule is CC[C@@](CO[C@@H](O)COc1ccc(N2CCN(c3ccc(N4CCN(C(C)C)C4=O)cc3)CC2)cc1)(Cn1nccn1)c1ccccc1. The molecule has 11 nitrogen and oxygen atoms in total. The summed E-state index contributed by atoms with van der Waals surface area (Å²) in [6, 6.07) is 26.9. The maximum atomic E-state index is 12.8. The summed E-state index contributed by atoms with van der Waals surface area (Å²) in [5.41, 5.74) is 3.98. The number of urea groups is 1. The number of hydrogen-bond acceptors (Lipinski definition) is 8. The van der Waals surface area contributed by atoms with E-state index in [1.807, 2.05) is 40.1 Å². The van der Waals surface area contributed by atoms with E-state index in [0.717, 1.165) is 62.6 Å². The van der Waals surface area contributed by atoms with E-state index in [4.69, 9.17) is 9.47 Å². The molecule has 254 valence electrons. The molecule has 0 bridgehead atoms. The van der Waals surface area contributed by atoms with Crippen molar-refractivity contribution >= 4 is 23.1 Å². The van der Waals surface area contributed by atoms with Gasteiger partial charge < -0.3 is 29.3 Å². The number of aliphatic hydroxyl groups excluding tert-OH is 1. The number of carbonyl (C=O) groups excluding carboxylic acids is 1. The number of aliphatic hydroxyl groups is 1. The lowest BCUT2D eigenvalue weighted by Crippen LogP contribution is -2.46. The molecule has 2 amide bonds. The molecule has 1 N–H and O–H groups in total. The summed E-state index contributed by atoms with van der Waals surface area (Å²) in [6.07, 6.45) is 3.03. The van der Waals surface area contributed by atoms with Gasteiger partial charge in [-0.25, -0.2) is 4.79 Å². The summed E-state index contributed by atoms with van der Waals surface area (Å²) < 4.78 is 11.9. The van der Waals surface area contributed by atoms with E-state index in [1.54, 1.807) is 17.2 Å². The largest absolute Gasteiger partial charge is 0.488 e. The van der Waals surface area contributed by atoms with Crippen LogP contribution in [0.3, 0.4) is 0 Å². The van der Waals surface area contributed by atoms with Crippen LogP contribution in [-0.4, -0.2) is 95.8 Å². The minimum absolute atomic E-state index is 0.0211. The monoisotopic (exact) mass is 653 g/mol. The van der Waals surface area contributed by atoms with Crippen LogP contribution in [0.4, 0.5) is 21.9 Å². The Kier molecular flexibility index (Phi) is 10.5. The van der Waals surface area contributed by atoms with Crippen LogP contribution in [0, 0.1) is 0 Å². The van der Waals surface area contributed by atoms with E-state index in [2.05, 4.69) is 89.3 Å². The second-order valence-electron chi connectivity index (χ2n) is 12.8. The molecule has 6 rings (SSSR count). The fourth-order valence-corrected chi connectivity index (χ4v) is 6.59. The fraction of sp³-hybridized carbons (Fsp3) is 0.432. The van der Waals surface area contributed by atoms with Crippen molar-refractivity contribution in [2.45, 2.75) is 51.5 Å².